The highest BCUT2D eigenvalue weighted by atomic mass is 32.1. The molecule has 1 atom stereocenters. The molecule has 11 nitrogen and oxygen atoms in total. The number of rotatable bonds is 13. The molecule has 1 aliphatic heterocycles. The topological polar surface area (TPSA) is 118 Å². The fraction of sp³-hybridized carbons (Fsp3) is 0.394. The summed E-state index contributed by atoms with van der Waals surface area (Å²) in [6.45, 7) is 10.5. The van der Waals surface area contributed by atoms with Gasteiger partial charge < -0.3 is 28.6 Å². The average molecular weight is 638 g/mol. The van der Waals surface area contributed by atoms with Crippen molar-refractivity contribution in [1.82, 2.24) is 9.47 Å². The van der Waals surface area contributed by atoms with Crippen molar-refractivity contribution in [3.8, 4) is 23.0 Å². The van der Waals surface area contributed by atoms with Gasteiger partial charge in [0.15, 0.2) is 22.9 Å². The van der Waals surface area contributed by atoms with Gasteiger partial charge in [-0.1, -0.05) is 17.4 Å². The maximum absolute atomic E-state index is 14.2. The number of carbonyl (C=O) groups excluding carboxylic acids is 2. The van der Waals surface area contributed by atoms with Gasteiger partial charge in [-0.15, -0.1) is 0 Å². The molecule has 0 unspecified atom stereocenters. The summed E-state index contributed by atoms with van der Waals surface area (Å²) >= 11 is 1.22. The van der Waals surface area contributed by atoms with Crippen molar-refractivity contribution in [2.75, 3.05) is 47.1 Å². The first-order valence-electron chi connectivity index (χ1n) is 14.8. The van der Waals surface area contributed by atoms with Gasteiger partial charge in [-0.05, 0) is 76.6 Å². The van der Waals surface area contributed by atoms with E-state index in [0.29, 0.717) is 74.4 Å². The highest BCUT2D eigenvalue weighted by Crippen LogP contribution is 2.38. The van der Waals surface area contributed by atoms with Gasteiger partial charge in [0, 0.05) is 18.7 Å². The number of thiazole rings is 1. The smallest absolute Gasteiger partial charge is 0.344 e. The van der Waals surface area contributed by atoms with Crippen LogP contribution in [0.15, 0.2) is 57.5 Å². The van der Waals surface area contributed by atoms with Gasteiger partial charge >= 0.3 is 5.97 Å². The number of nitrogens with zero attached hydrogens (tertiary/aromatic N) is 3. The number of hydrogen-bond acceptors (Lipinski definition) is 10. The second-order valence-electron chi connectivity index (χ2n) is 9.90. The van der Waals surface area contributed by atoms with Crippen molar-refractivity contribution < 1.29 is 33.3 Å². The number of aromatic nitrogens is 1. The van der Waals surface area contributed by atoms with E-state index in [1.165, 1.54) is 11.3 Å². The molecule has 1 aliphatic rings. The minimum absolute atomic E-state index is 0.204. The van der Waals surface area contributed by atoms with Crippen LogP contribution in [0, 0.1) is 0 Å². The van der Waals surface area contributed by atoms with Gasteiger partial charge in [-0.2, -0.15) is 0 Å². The number of fused-ring (bicyclic) bond motifs is 1. The molecule has 0 saturated carbocycles. The molecule has 3 aromatic rings. The Morgan fingerprint density at radius 2 is 1.69 bits per heavy atom. The molecule has 0 aliphatic carbocycles. The zero-order valence-corrected chi connectivity index (χ0v) is 27.5. The highest BCUT2D eigenvalue weighted by Gasteiger charge is 2.36. The largest absolute Gasteiger partial charge is 0.497 e. The Labute approximate surface area is 266 Å². The van der Waals surface area contributed by atoms with E-state index in [-0.39, 0.29) is 24.7 Å². The number of benzene rings is 2. The summed E-state index contributed by atoms with van der Waals surface area (Å²) < 4.78 is 29.5. The molecule has 0 N–H and O–H groups in total. The average Bonchev–Trinajstić information content (AvgIpc) is 3.34. The highest BCUT2D eigenvalue weighted by molar-refractivity contribution is 7.07. The Balaban J connectivity index is 1.88. The van der Waals surface area contributed by atoms with Crippen molar-refractivity contribution in [2.45, 2.75) is 40.7 Å². The van der Waals surface area contributed by atoms with Gasteiger partial charge in [0.25, 0.3) is 11.5 Å². The number of carbonyl (C=O) groups is 2. The van der Waals surface area contributed by atoms with Crippen LogP contribution in [0.4, 0.5) is 0 Å². The molecule has 0 saturated heterocycles. The summed E-state index contributed by atoms with van der Waals surface area (Å²) in [6, 6.07) is 9.71. The van der Waals surface area contributed by atoms with Gasteiger partial charge in [0.05, 0.1) is 43.2 Å². The maximum Gasteiger partial charge on any atom is 0.344 e. The van der Waals surface area contributed by atoms with Crippen molar-refractivity contribution in [2.24, 2.45) is 4.99 Å². The molecular formula is C33H39N3O8S. The van der Waals surface area contributed by atoms with Crippen molar-refractivity contribution in [3.63, 3.8) is 0 Å². The molecule has 1 aromatic heterocycles. The van der Waals surface area contributed by atoms with Crippen molar-refractivity contribution >= 4 is 29.3 Å². The van der Waals surface area contributed by atoms with E-state index in [1.807, 2.05) is 20.8 Å². The monoisotopic (exact) mass is 637 g/mol. The first-order chi connectivity index (χ1) is 21.7. The third-order valence-electron chi connectivity index (χ3n) is 7.25. The lowest BCUT2D eigenvalue weighted by Gasteiger charge is -2.30. The molecule has 1 amide bonds. The van der Waals surface area contributed by atoms with E-state index in [0.717, 1.165) is 0 Å². The second-order valence-corrected chi connectivity index (χ2v) is 10.9. The first kappa shape index (κ1) is 33.3. The second kappa shape index (κ2) is 14.9. The first-order valence-corrected chi connectivity index (χ1v) is 15.6. The molecule has 0 fully saturated rings. The van der Waals surface area contributed by atoms with Crippen LogP contribution < -0.4 is 33.8 Å². The number of ether oxygens (including phenoxy) is 5. The molecular weight excluding hydrogens is 598 g/mol. The van der Waals surface area contributed by atoms with E-state index in [4.69, 9.17) is 28.7 Å². The lowest BCUT2D eigenvalue weighted by molar-refractivity contribution is -0.145. The summed E-state index contributed by atoms with van der Waals surface area (Å²) in [5.74, 6) is 1.18. The molecule has 0 bridgehead atoms. The zero-order chi connectivity index (χ0) is 32.7. The van der Waals surface area contributed by atoms with Crippen LogP contribution in [-0.4, -0.2) is 68.5 Å². The predicted molar refractivity (Wildman–Crippen MR) is 171 cm³/mol. The van der Waals surface area contributed by atoms with Crippen LogP contribution in [0.25, 0.3) is 6.08 Å². The van der Waals surface area contributed by atoms with Crippen LogP contribution in [0.3, 0.4) is 0 Å². The normalized spacial score (nSPS) is 14.4. The third kappa shape index (κ3) is 7.06. The van der Waals surface area contributed by atoms with Crippen LogP contribution in [0.5, 0.6) is 23.0 Å². The van der Waals surface area contributed by atoms with E-state index >= 15 is 0 Å². The molecule has 4 rings (SSSR count). The molecule has 12 heteroatoms. The lowest BCUT2D eigenvalue weighted by Crippen LogP contribution is -2.43. The third-order valence-corrected chi connectivity index (χ3v) is 8.23. The number of amides is 1. The fourth-order valence-electron chi connectivity index (χ4n) is 5.12. The van der Waals surface area contributed by atoms with E-state index in [1.54, 1.807) is 80.0 Å². The van der Waals surface area contributed by atoms with Crippen LogP contribution in [-0.2, 0) is 14.3 Å². The minimum Gasteiger partial charge on any atom is -0.497 e. The molecule has 2 aromatic carbocycles. The van der Waals surface area contributed by atoms with Gasteiger partial charge in [0.1, 0.15) is 17.5 Å². The summed E-state index contributed by atoms with van der Waals surface area (Å²) in [5, 5.41) is 0. The number of allylic oxidation sites excluding steroid dienone is 1. The predicted octanol–water partition coefficient (Wildman–Crippen LogP) is 3.46. The summed E-state index contributed by atoms with van der Waals surface area (Å²) in [7, 11) is 3.11. The van der Waals surface area contributed by atoms with Crippen LogP contribution >= 0.6 is 11.3 Å². The standard InChI is InChI=1S/C33H39N3O8S/c1-8-35(9-2)32(39)29-20(5)34-33-36(30(29)23-18-22(40-6)13-15-24(23)41-7)31(38)27(45-33)17-21-12-14-25(26(16-21)42-10-3)44-19-28(37)43-11-4/h12-18,30H,8-11,19H2,1-7H3/b27-17+/t30-/m0/s1. The number of esters is 1. The van der Waals surface area contributed by atoms with E-state index in [2.05, 4.69) is 0 Å². The van der Waals surface area contributed by atoms with Crippen molar-refractivity contribution in [3.05, 3.63) is 78.5 Å². The van der Waals surface area contributed by atoms with E-state index in [9.17, 15) is 14.4 Å². The van der Waals surface area contributed by atoms with Crippen LogP contribution in [0.1, 0.15) is 51.8 Å². The molecule has 0 spiro atoms. The summed E-state index contributed by atoms with van der Waals surface area (Å²) in [6.07, 6.45) is 1.74. The van der Waals surface area contributed by atoms with Gasteiger partial charge in [0.2, 0.25) is 0 Å². The molecule has 2 heterocycles. The Morgan fingerprint density at radius 3 is 2.33 bits per heavy atom. The molecule has 45 heavy (non-hydrogen) atoms. The maximum atomic E-state index is 14.2. The molecule has 240 valence electrons. The summed E-state index contributed by atoms with van der Waals surface area (Å²) in [4.78, 5) is 46.9. The number of methoxy groups -OCH3 is 2. The van der Waals surface area contributed by atoms with E-state index < -0.39 is 12.0 Å². The Bertz CT molecular complexity index is 1770. The Hall–Kier alpha value is -4.58. The lowest BCUT2D eigenvalue weighted by atomic mass is 9.93. The minimum atomic E-state index is -0.806. The number of hydrogen-bond donors (Lipinski definition) is 0. The van der Waals surface area contributed by atoms with Gasteiger partial charge in [-0.3, -0.25) is 14.2 Å². The quantitative estimate of drug-likeness (QED) is 0.262. The van der Waals surface area contributed by atoms with Gasteiger partial charge in [-0.25, -0.2) is 9.79 Å². The SMILES string of the molecule is CCOC(=O)COc1ccc(/C=c2/sc3n(c2=O)[C@@H](c2cc(OC)ccc2OC)C(C(=O)N(CC)CC)=C(C)N=3)cc1OCC. The van der Waals surface area contributed by atoms with Crippen LogP contribution in [0.2, 0.25) is 0 Å². The fourth-order valence-corrected chi connectivity index (χ4v) is 6.16. The Morgan fingerprint density at radius 1 is 0.956 bits per heavy atom. The molecule has 0 radical (unpaired) electrons. The summed E-state index contributed by atoms with van der Waals surface area (Å²) in [5.41, 5.74) is 1.89. The van der Waals surface area contributed by atoms with Crippen molar-refractivity contribution in [1.29, 1.82) is 0 Å². The number of likely N-dealkylation sites (N-methyl/N-ethyl adjacent to an activating group) is 1. The Kier molecular flexibility index (Phi) is 11.1. The zero-order valence-electron chi connectivity index (χ0n) is 26.7.